The van der Waals surface area contributed by atoms with Crippen LogP contribution in [0.15, 0.2) is 36.4 Å². The van der Waals surface area contributed by atoms with Crippen molar-refractivity contribution >= 4 is 10.9 Å². The van der Waals surface area contributed by atoms with Gasteiger partial charge in [-0.3, -0.25) is 4.90 Å². The lowest BCUT2D eigenvalue weighted by Crippen LogP contribution is -2.50. The molecule has 4 N–H and O–H groups in total. The summed E-state index contributed by atoms with van der Waals surface area (Å²) in [6.45, 7) is 0.455. The van der Waals surface area contributed by atoms with Gasteiger partial charge in [-0.25, -0.2) is 13.2 Å². The first-order valence-corrected chi connectivity index (χ1v) is 10.7. The Labute approximate surface area is 190 Å². The highest BCUT2D eigenvalue weighted by Gasteiger charge is 2.42. The summed E-state index contributed by atoms with van der Waals surface area (Å²) in [5, 5.41) is 10.4. The molecule has 5 nitrogen and oxygen atoms in total. The highest BCUT2D eigenvalue weighted by Crippen LogP contribution is 2.43. The summed E-state index contributed by atoms with van der Waals surface area (Å²) in [6.07, 6.45) is 6.18. The van der Waals surface area contributed by atoms with E-state index in [0.717, 1.165) is 28.6 Å². The molecule has 4 rings (SSSR count). The number of benzene rings is 2. The van der Waals surface area contributed by atoms with Gasteiger partial charge in [0.25, 0.3) is 0 Å². The smallest absolute Gasteiger partial charge is 0.143 e. The maximum Gasteiger partial charge on any atom is 0.143 e. The number of hydrogen-bond acceptors (Lipinski definition) is 4. The molecule has 0 aliphatic carbocycles. The van der Waals surface area contributed by atoms with E-state index in [1.807, 2.05) is 24.3 Å². The van der Waals surface area contributed by atoms with Crippen molar-refractivity contribution in [3.05, 3.63) is 64.9 Å². The molecular formula is C25H26F3N3O2. The number of aliphatic hydroxyl groups is 1. The van der Waals surface area contributed by atoms with Crippen LogP contribution < -0.4 is 10.5 Å². The van der Waals surface area contributed by atoms with Crippen molar-refractivity contribution in [2.45, 2.75) is 31.1 Å². The van der Waals surface area contributed by atoms with Crippen LogP contribution in [-0.4, -0.2) is 53.0 Å². The van der Waals surface area contributed by atoms with Gasteiger partial charge in [-0.2, -0.15) is 0 Å². The molecule has 0 radical (unpaired) electrons. The molecule has 0 saturated heterocycles. The molecule has 1 aliphatic rings. The molecule has 1 aromatic heterocycles. The van der Waals surface area contributed by atoms with E-state index in [4.69, 9.17) is 16.9 Å². The topological polar surface area (TPSA) is 74.5 Å². The second-order valence-corrected chi connectivity index (χ2v) is 8.53. The van der Waals surface area contributed by atoms with E-state index < -0.39 is 36.0 Å². The van der Waals surface area contributed by atoms with Gasteiger partial charge in [0.1, 0.15) is 29.7 Å². The molecule has 0 spiro atoms. The number of nitrogens with zero attached hydrogens (tertiary/aromatic N) is 1. The van der Waals surface area contributed by atoms with Crippen LogP contribution >= 0.6 is 0 Å². The Morgan fingerprint density at radius 1 is 1.30 bits per heavy atom. The number of para-hydroxylation sites is 1. The number of nitrogens with two attached hydrogens (primary N) is 1. The third kappa shape index (κ3) is 4.32. The molecule has 0 saturated carbocycles. The monoisotopic (exact) mass is 457 g/mol. The molecule has 33 heavy (non-hydrogen) atoms. The summed E-state index contributed by atoms with van der Waals surface area (Å²) in [7, 11) is 0. The minimum Gasteiger partial charge on any atom is -0.492 e. The van der Waals surface area contributed by atoms with Crippen LogP contribution in [0.25, 0.3) is 10.9 Å². The molecule has 3 aromatic rings. The molecule has 8 heteroatoms. The molecule has 2 aromatic carbocycles. The molecule has 174 valence electrons. The van der Waals surface area contributed by atoms with Crippen molar-refractivity contribution in [2.24, 2.45) is 5.73 Å². The lowest BCUT2D eigenvalue weighted by atomic mass is 9.86. The van der Waals surface area contributed by atoms with Crippen LogP contribution in [0, 0.1) is 24.0 Å². The van der Waals surface area contributed by atoms with Gasteiger partial charge in [0.15, 0.2) is 0 Å². The second-order valence-electron chi connectivity index (χ2n) is 8.53. The zero-order valence-electron chi connectivity index (χ0n) is 18.2. The third-order valence-electron chi connectivity index (χ3n) is 6.00. The number of rotatable bonds is 7. The van der Waals surface area contributed by atoms with Gasteiger partial charge in [-0.05, 0) is 18.6 Å². The quantitative estimate of drug-likeness (QED) is 0.475. The van der Waals surface area contributed by atoms with Gasteiger partial charge < -0.3 is 20.6 Å². The van der Waals surface area contributed by atoms with Crippen LogP contribution in [-0.2, 0) is 6.42 Å². The minimum atomic E-state index is -2.03. The normalized spacial score (nSPS) is 20.3. The summed E-state index contributed by atoms with van der Waals surface area (Å²) < 4.78 is 51.1. The lowest BCUT2D eigenvalue weighted by Gasteiger charge is -2.42. The fraction of sp³-hybridized carbons (Fsp3) is 0.360. The molecule has 1 aliphatic heterocycles. The number of halogens is 3. The Balaban J connectivity index is 1.93. The van der Waals surface area contributed by atoms with Crippen molar-refractivity contribution in [1.29, 1.82) is 0 Å². The Hall–Kier alpha value is -2.99. The highest BCUT2D eigenvalue weighted by atomic mass is 19.1. The van der Waals surface area contributed by atoms with E-state index in [-0.39, 0.29) is 31.0 Å². The number of fused-ring (bicyclic) bond motifs is 3. The fourth-order valence-corrected chi connectivity index (χ4v) is 4.51. The fourth-order valence-electron chi connectivity index (χ4n) is 4.51. The predicted molar refractivity (Wildman–Crippen MR) is 121 cm³/mol. The summed E-state index contributed by atoms with van der Waals surface area (Å²) >= 11 is 0. The summed E-state index contributed by atoms with van der Waals surface area (Å²) in [4.78, 5) is 4.81. The number of ether oxygens (including phenoxy) is 1. The Morgan fingerprint density at radius 2 is 2.00 bits per heavy atom. The summed E-state index contributed by atoms with van der Waals surface area (Å²) in [5.41, 5.74) is 5.28. The van der Waals surface area contributed by atoms with Crippen molar-refractivity contribution < 1.29 is 23.0 Å². The largest absolute Gasteiger partial charge is 0.492 e. The Morgan fingerprint density at radius 3 is 2.64 bits per heavy atom. The van der Waals surface area contributed by atoms with Crippen LogP contribution in [0.5, 0.6) is 5.75 Å². The van der Waals surface area contributed by atoms with E-state index in [1.165, 1.54) is 11.8 Å². The van der Waals surface area contributed by atoms with Crippen molar-refractivity contribution in [3.63, 3.8) is 0 Å². The van der Waals surface area contributed by atoms with E-state index >= 15 is 8.78 Å². The number of H-pyrrole nitrogens is 1. The number of aliphatic hydroxyl groups excluding tert-OH is 1. The molecule has 2 heterocycles. The average Bonchev–Trinajstić information content (AvgIpc) is 3.16. The lowest BCUT2D eigenvalue weighted by molar-refractivity contribution is 0.0231. The first-order valence-electron chi connectivity index (χ1n) is 10.7. The molecule has 0 bridgehead atoms. The number of terminal acetylenes is 1. The predicted octanol–water partition coefficient (Wildman–Crippen LogP) is 3.45. The van der Waals surface area contributed by atoms with Crippen molar-refractivity contribution in [3.8, 4) is 18.1 Å². The third-order valence-corrected chi connectivity index (χ3v) is 6.00. The van der Waals surface area contributed by atoms with Crippen molar-refractivity contribution in [2.75, 3.05) is 26.3 Å². The van der Waals surface area contributed by atoms with Crippen LogP contribution in [0.4, 0.5) is 13.2 Å². The number of alkyl halides is 1. The zero-order chi connectivity index (χ0) is 23.8. The molecule has 3 atom stereocenters. The Kier molecular flexibility index (Phi) is 6.39. The summed E-state index contributed by atoms with van der Waals surface area (Å²) in [6, 6.07) is 8.01. The van der Waals surface area contributed by atoms with Crippen LogP contribution in [0.1, 0.15) is 29.8 Å². The van der Waals surface area contributed by atoms with Gasteiger partial charge in [-0.15, -0.1) is 6.42 Å². The maximum atomic E-state index is 15.4. The molecule has 0 amide bonds. The van der Waals surface area contributed by atoms with Gasteiger partial charge in [0, 0.05) is 53.8 Å². The number of aromatic nitrogens is 1. The van der Waals surface area contributed by atoms with E-state index in [2.05, 4.69) is 10.9 Å². The standard InChI is InChI=1S/C25H26F3N3O2/c1-3-15-10-18-17-6-4-5-7-21(17)30-23(18)24(31(15)13-25(2,28)14-32)22-19(26)11-16(12-20(22)27)33-9-8-29/h1,4-7,11-12,15,24,30,32H,8-10,13-14,29H2,2H3/t15-,24-,25?/m1/s1. The molecule has 0 fully saturated rings. The van der Waals surface area contributed by atoms with Gasteiger partial charge in [-0.1, -0.05) is 24.1 Å². The highest BCUT2D eigenvalue weighted by molar-refractivity contribution is 5.85. The SMILES string of the molecule is C#C[C@@H]1Cc2c([nH]c3ccccc23)[C@@H](c2c(F)cc(OCCN)cc2F)N1CC(C)(F)CO. The van der Waals surface area contributed by atoms with E-state index in [0.29, 0.717) is 12.1 Å². The van der Waals surface area contributed by atoms with Crippen LogP contribution in [0.3, 0.4) is 0 Å². The minimum absolute atomic E-state index is 0.0117. The average molecular weight is 457 g/mol. The molecular weight excluding hydrogens is 431 g/mol. The van der Waals surface area contributed by atoms with E-state index in [9.17, 15) is 9.50 Å². The zero-order valence-corrected chi connectivity index (χ0v) is 18.2. The number of aromatic amines is 1. The number of nitrogens with one attached hydrogen (secondary N) is 1. The number of hydrogen-bond donors (Lipinski definition) is 3. The van der Waals surface area contributed by atoms with Gasteiger partial charge >= 0.3 is 0 Å². The second kappa shape index (κ2) is 9.10. The van der Waals surface area contributed by atoms with Gasteiger partial charge in [0.05, 0.1) is 18.7 Å². The van der Waals surface area contributed by atoms with Crippen molar-refractivity contribution in [1.82, 2.24) is 9.88 Å². The van der Waals surface area contributed by atoms with E-state index in [1.54, 1.807) is 0 Å². The van der Waals surface area contributed by atoms with Crippen LogP contribution in [0.2, 0.25) is 0 Å². The maximum absolute atomic E-state index is 15.4. The Bertz CT molecular complexity index is 1180. The first kappa shape index (κ1) is 23.2. The van der Waals surface area contributed by atoms with Gasteiger partial charge in [0.2, 0.25) is 0 Å². The first-order chi connectivity index (χ1) is 15.8. The molecule has 1 unspecified atom stereocenters. The summed E-state index contributed by atoms with van der Waals surface area (Å²) in [5.74, 6) is 0.979.